The van der Waals surface area contributed by atoms with E-state index in [0.29, 0.717) is 58.3 Å². The maximum absolute atomic E-state index is 14.5. The van der Waals surface area contributed by atoms with Crippen LogP contribution in [0.25, 0.3) is 21.2 Å². The number of benzene rings is 3. The molecule has 0 radical (unpaired) electrons. The summed E-state index contributed by atoms with van der Waals surface area (Å²) in [6, 6.07) is 22.4. The number of azide groups is 1. The number of ether oxygens (including phenoxy) is 2. The number of fused-ring (bicyclic) bond motifs is 1. The third kappa shape index (κ3) is 9.96. The van der Waals surface area contributed by atoms with E-state index in [0.717, 1.165) is 34.7 Å². The Morgan fingerprint density at radius 2 is 1.73 bits per heavy atom. The van der Waals surface area contributed by atoms with E-state index in [9.17, 15) is 14.4 Å². The monoisotopic (exact) mass is 668 g/mol. The molecule has 0 aliphatic carbocycles. The van der Waals surface area contributed by atoms with Gasteiger partial charge in [-0.15, -0.1) is 0 Å². The van der Waals surface area contributed by atoms with Gasteiger partial charge in [0.2, 0.25) is 11.8 Å². The number of likely N-dealkylation sites (tertiary alicyclic amines) is 2. The van der Waals surface area contributed by atoms with Gasteiger partial charge in [0.1, 0.15) is 17.7 Å². The average Bonchev–Trinajstić information content (AvgIpc) is 3.51. The molecule has 0 saturated carbocycles. The summed E-state index contributed by atoms with van der Waals surface area (Å²) in [4.78, 5) is 47.8. The van der Waals surface area contributed by atoms with E-state index in [-0.39, 0.29) is 24.0 Å². The number of rotatable bonds is 12. The van der Waals surface area contributed by atoms with Crippen molar-refractivity contribution >= 4 is 28.7 Å². The molecule has 2 fully saturated rings. The second-order valence-electron chi connectivity index (χ2n) is 14.0. The van der Waals surface area contributed by atoms with E-state index < -0.39 is 23.8 Å². The van der Waals surface area contributed by atoms with Crippen LogP contribution >= 0.6 is 0 Å². The Labute approximate surface area is 288 Å². The third-order valence-corrected chi connectivity index (χ3v) is 9.15. The van der Waals surface area contributed by atoms with Crippen molar-refractivity contribution in [1.29, 1.82) is 0 Å². The fourth-order valence-electron chi connectivity index (χ4n) is 6.78. The van der Waals surface area contributed by atoms with Crippen molar-refractivity contribution in [2.24, 2.45) is 5.11 Å². The van der Waals surface area contributed by atoms with Crippen LogP contribution < -0.4 is 5.32 Å². The van der Waals surface area contributed by atoms with Crippen molar-refractivity contribution in [3.8, 4) is 0 Å². The van der Waals surface area contributed by atoms with Crippen LogP contribution in [0.5, 0.6) is 0 Å². The molecule has 1 N–H and O–H groups in total. The Hall–Kier alpha value is -4.60. The summed E-state index contributed by atoms with van der Waals surface area (Å²) in [7, 11) is 0. The molecule has 3 amide bonds. The summed E-state index contributed by atoms with van der Waals surface area (Å²) in [5.41, 5.74) is 10.1. The number of hydrogen-bond acceptors (Lipinski definition) is 6. The Balaban J connectivity index is 1.33. The van der Waals surface area contributed by atoms with Crippen LogP contribution in [0.3, 0.4) is 0 Å². The molecular weight excluding hydrogens is 620 g/mol. The predicted molar refractivity (Wildman–Crippen MR) is 189 cm³/mol. The maximum atomic E-state index is 14.5. The second-order valence-corrected chi connectivity index (χ2v) is 14.0. The van der Waals surface area contributed by atoms with Crippen LogP contribution in [0.15, 0.2) is 77.9 Å². The summed E-state index contributed by atoms with van der Waals surface area (Å²) in [6.45, 7) is 6.95. The van der Waals surface area contributed by atoms with Gasteiger partial charge in [0.05, 0.1) is 12.7 Å². The van der Waals surface area contributed by atoms with Crippen molar-refractivity contribution in [3.05, 3.63) is 94.4 Å². The molecule has 49 heavy (non-hydrogen) atoms. The van der Waals surface area contributed by atoms with Gasteiger partial charge in [-0.05, 0) is 92.8 Å². The number of nitrogens with one attached hydrogen (secondary N) is 1. The highest BCUT2D eigenvalue weighted by Gasteiger charge is 2.41. The van der Waals surface area contributed by atoms with Gasteiger partial charge in [-0.1, -0.05) is 71.8 Å². The van der Waals surface area contributed by atoms with Gasteiger partial charge in [-0.2, -0.15) is 0 Å². The lowest BCUT2D eigenvalue weighted by molar-refractivity contribution is -0.139. The molecule has 2 aliphatic rings. The first-order valence-electron chi connectivity index (χ1n) is 17.4. The molecule has 11 heteroatoms. The van der Waals surface area contributed by atoms with Gasteiger partial charge in [-0.3, -0.25) is 14.5 Å². The van der Waals surface area contributed by atoms with E-state index in [1.165, 1.54) is 4.90 Å². The summed E-state index contributed by atoms with van der Waals surface area (Å²) >= 11 is 0. The number of carbonyl (C=O) groups excluding carboxylic acids is 3. The van der Waals surface area contributed by atoms with E-state index in [1.54, 1.807) is 20.8 Å². The minimum Gasteiger partial charge on any atom is -0.444 e. The SMILES string of the molecule is CC(C)(C)OC(=O)N1CCCC[C@H]1C(=O)N[C@H](Cc1ccccc1)C(=O)N1C[C@H](OCc2ccc3ccccc3c2)C[C@@H]1CCCN=[N+]=[N-]. The highest BCUT2D eigenvalue weighted by atomic mass is 16.6. The predicted octanol–water partition coefficient (Wildman–Crippen LogP) is 6.93. The lowest BCUT2D eigenvalue weighted by Crippen LogP contribution is -2.58. The average molecular weight is 669 g/mol. The molecule has 0 bridgehead atoms. The van der Waals surface area contributed by atoms with Crippen LogP contribution in [-0.4, -0.2) is 77.2 Å². The molecule has 0 aromatic heterocycles. The van der Waals surface area contributed by atoms with E-state index in [2.05, 4.69) is 45.7 Å². The Kier molecular flexibility index (Phi) is 12.2. The van der Waals surface area contributed by atoms with Crippen molar-refractivity contribution < 1.29 is 23.9 Å². The van der Waals surface area contributed by atoms with Crippen molar-refractivity contribution in [1.82, 2.24) is 15.1 Å². The highest BCUT2D eigenvalue weighted by Crippen LogP contribution is 2.28. The molecule has 2 heterocycles. The molecule has 5 rings (SSSR count). The van der Waals surface area contributed by atoms with Gasteiger partial charge in [-0.25, -0.2) is 4.79 Å². The summed E-state index contributed by atoms with van der Waals surface area (Å²) < 4.78 is 12.0. The topological polar surface area (TPSA) is 137 Å². The summed E-state index contributed by atoms with van der Waals surface area (Å²) in [5, 5.41) is 9.06. The van der Waals surface area contributed by atoms with Crippen molar-refractivity contribution in [2.45, 2.75) is 102 Å². The zero-order valence-corrected chi connectivity index (χ0v) is 28.8. The standard InChI is InChI=1S/C38H48N6O5/c1-38(2,3)49-37(47)43-21-10-9-17-34(43)35(45)41-33(23-27-12-5-4-6-13-27)36(46)44-25-32(24-31(44)16-11-20-40-42-39)48-26-28-18-19-29-14-7-8-15-30(29)22-28/h4-8,12-15,18-19,22,31-34H,9-11,16-17,20-21,23-26H2,1-3H3,(H,41,45)/t31-,32+,33+,34-/m0/s1. The first-order valence-corrected chi connectivity index (χ1v) is 17.4. The van der Waals surface area contributed by atoms with Crippen LogP contribution in [0.1, 0.15) is 70.4 Å². The first-order chi connectivity index (χ1) is 23.6. The molecule has 3 aromatic rings. The quantitative estimate of drug-likeness (QED) is 0.0966. The maximum Gasteiger partial charge on any atom is 0.410 e. The lowest BCUT2D eigenvalue weighted by Gasteiger charge is -2.37. The number of amides is 3. The highest BCUT2D eigenvalue weighted by molar-refractivity contribution is 5.92. The molecule has 0 unspecified atom stereocenters. The summed E-state index contributed by atoms with van der Waals surface area (Å²) in [6.07, 6.45) is 3.55. The minimum absolute atomic E-state index is 0.147. The van der Waals surface area contributed by atoms with Crippen molar-refractivity contribution in [2.75, 3.05) is 19.6 Å². The number of nitrogens with zero attached hydrogens (tertiary/aromatic N) is 5. The van der Waals surface area contributed by atoms with Crippen molar-refractivity contribution in [3.63, 3.8) is 0 Å². The largest absolute Gasteiger partial charge is 0.444 e. The van der Waals surface area contributed by atoms with Crippen LogP contribution in [0.4, 0.5) is 4.79 Å². The Morgan fingerprint density at radius 1 is 0.980 bits per heavy atom. The first kappa shape index (κ1) is 35.7. The summed E-state index contributed by atoms with van der Waals surface area (Å²) in [5.74, 6) is -0.550. The molecule has 2 aliphatic heterocycles. The molecular formula is C38H48N6O5. The van der Waals surface area contributed by atoms with Gasteiger partial charge in [0, 0.05) is 37.0 Å². The normalized spacial score (nSPS) is 20.0. The van der Waals surface area contributed by atoms with Crippen LogP contribution in [0, 0.1) is 0 Å². The van der Waals surface area contributed by atoms with E-state index >= 15 is 0 Å². The van der Waals surface area contributed by atoms with Crippen LogP contribution in [-0.2, 0) is 32.1 Å². The Morgan fingerprint density at radius 3 is 2.49 bits per heavy atom. The minimum atomic E-state index is -0.851. The molecule has 260 valence electrons. The molecule has 3 aromatic carbocycles. The zero-order chi connectivity index (χ0) is 34.8. The fourth-order valence-corrected chi connectivity index (χ4v) is 6.78. The molecule has 4 atom stereocenters. The second kappa shape index (κ2) is 16.7. The van der Waals surface area contributed by atoms with E-state index in [4.69, 9.17) is 15.0 Å². The molecule has 2 saturated heterocycles. The number of carbonyl (C=O) groups is 3. The Bertz CT molecular complexity index is 1640. The lowest BCUT2D eigenvalue weighted by atomic mass is 9.99. The van der Waals surface area contributed by atoms with Crippen LogP contribution in [0.2, 0.25) is 0 Å². The van der Waals surface area contributed by atoms with Gasteiger partial charge < -0.3 is 19.7 Å². The number of piperidine rings is 1. The molecule has 0 spiro atoms. The van der Waals surface area contributed by atoms with Gasteiger partial charge >= 0.3 is 6.09 Å². The number of hydrogen-bond donors (Lipinski definition) is 1. The zero-order valence-electron chi connectivity index (χ0n) is 28.8. The van der Waals surface area contributed by atoms with E-state index in [1.807, 2.05) is 47.4 Å². The molecule has 11 nitrogen and oxygen atoms in total. The van der Waals surface area contributed by atoms with Gasteiger partial charge in [0.25, 0.3) is 0 Å². The third-order valence-electron chi connectivity index (χ3n) is 9.15. The van der Waals surface area contributed by atoms with Gasteiger partial charge in [0.15, 0.2) is 0 Å². The fraction of sp³-hybridized carbons (Fsp3) is 0.500. The smallest absolute Gasteiger partial charge is 0.410 e.